The Balaban J connectivity index is 1.76. The summed E-state index contributed by atoms with van der Waals surface area (Å²) in [6.45, 7) is 1.56. The van der Waals surface area contributed by atoms with Gasteiger partial charge in [0.15, 0.2) is 6.61 Å². The Morgan fingerprint density at radius 1 is 1.08 bits per heavy atom. The highest BCUT2D eigenvalue weighted by atomic mass is 16.5. The summed E-state index contributed by atoms with van der Waals surface area (Å²) in [5.41, 5.74) is 1.82. The van der Waals surface area contributed by atoms with Crippen molar-refractivity contribution in [1.29, 1.82) is 0 Å². The second-order valence-corrected chi connectivity index (χ2v) is 5.41. The quantitative estimate of drug-likeness (QED) is 0.622. The molecule has 0 saturated carbocycles. The number of carbonyl (C=O) groups is 2. The number of hydrogen-bond acceptors (Lipinski definition) is 4. The van der Waals surface area contributed by atoms with E-state index in [0.717, 1.165) is 16.9 Å². The number of ether oxygens (including phenoxy) is 2. The lowest BCUT2D eigenvalue weighted by atomic mass is 10.1. The monoisotopic (exact) mass is 339 g/mol. The van der Waals surface area contributed by atoms with E-state index in [1.165, 1.54) is 6.08 Å². The molecule has 130 valence electrons. The lowest BCUT2D eigenvalue weighted by Gasteiger charge is -2.13. The lowest BCUT2D eigenvalue weighted by Crippen LogP contribution is -2.30. The van der Waals surface area contributed by atoms with Crippen molar-refractivity contribution in [2.75, 3.05) is 13.7 Å². The summed E-state index contributed by atoms with van der Waals surface area (Å²) in [5, 5.41) is 2.78. The van der Waals surface area contributed by atoms with E-state index in [0.29, 0.717) is 0 Å². The van der Waals surface area contributed by atoms with Gasteiger partial charge in [0.25, 0.3) is 5.91 Å². The number of methoxy groups -OCH3 is 1. The second kappa shape index (κ2) is 9.27. The Bertz CT molecular complexity index is 723. The van der Waals surface area contributed by atoms with Crippen LogP contribution in [-0.4, -0.2) is 25.6 Å². The van der Waals surface area contributed by atoms with Crippen LogP contribution >= 0.6 is 0 Å². The minimum atomic E-state index is -0.571. The largest absolute Gasteiger partial charge is 0.497 e. The molecule has 25 heavy (non-hydrogen) atoms. The molecule has 0 saturated heterocycles. The summed E-state index contributed by atoms with van der Waals surface area (Å²) in [5.74, 6) is -0.176. The summed E-state index contributed by atoms with van der Waals surface area (Å²) in [4.78, 5) is 23.5. The third-order valence-corrected chi connectivity index (χ3v) is 3.55. The Morgan fingerprint density at radius 3 is 2.40 bits per heavy atom. The van der Waals surface area contributed by atoms with Gasteiger partial charge in [0, 0.05) is 6.08 Å². The molecule has 1 atom stereocenters. The normalized spacial score (nSPS) is 11.8. The van der Waals surface area contributed by atoms with Crippen LogP contribution < -0.4 is 10.1 Å². The third-order valence-electron chi connectivity index (χ3n) is 3.55. The van der Waals surface area contributed by atoms with Gasteiger partial charge in [0.05, 0.1) is 13.2 Å². The van der Waals surface area contributed by atoms with Crippen molar-refractivity contribution in [1.82, 2.24) is 5.32 Å². The van der Waals surface area contributed by atoms with Crippen molar-refractivity contribution >= 4 is 18.0 Å². The van der Waals surface area contributed by atoms with Crippen molar-refractivity contribution in [3.63, 3.8) is 0 Å². The van der Waals surface area contributed by atoms with Gasteiger partial charge in [-0.25, -0.2) is 4.79 Å². The highest BCUT2D eigenvalue weighted by Gasteiger charge is 2.10. The Labute approximate surface area is 147 Å². The van der Waals surface area contributed by atoms with Crippen LogP contribution in [0.4, 0.5) is 0 Å². The van der Waals surface area contributed by atoms with Crippen LogP contribution in [0.3, 0.4) is 0 Å². The van der Waals surface area contributed by atoms with E-state index >= 15 is 0 Å². The van der Waals surface area contributed by atoms with Crippen molar-refractivity contribution in [3.05, 3.63) is 71.8 Å². The van der Waals surface area contributed by atoms with Gasteiger partial charge in [0.2, 0.25) is 0 Å². The Kier molecular flexibility index (Phi) is 6.77. The first-order chi connectivity index (χ1) is 12.1. The number of rotatable bonds is 7. The highest BCUT2D eigenvalue weighted by molar-refractivity contribution is 5.89. The van der Waals surface area contributed by atoms with Gasteiger partial charge in [-0.1, -0.05) is 42.5 Å². The van der Waals surface area contributed by atoms with Crippen molar-refractivity contribution < 1.29 is 19.1 Å². The summed E-state index contributed by atoms with van der Waals surface area (Å²) in [6.07, 6.45) is 2.90. The van der Waals surface area contributed by atoms with Crippen LogP contribution in [0.2, 0.25) is 0 Å². The van der Waals surface area contributed by atoms with Crippen LogP contribution in [-0.2, 0) is 14.3 Å². The molecule has 2 rings (SSSR count). The molecule has 1 unspecified atom stereocenters. The molecule has 0 radical (unpaired) electrons. The zero-order valence-electron chi connectivity index (χ0n) is 14.3. The van der Waals surface area contributed by atoms with Crippen molar-refractivity contribution in [3.8, 4) is 5.75 Å². The van der Waals surface area contributed by atoms with E-state index in [-0.39, 0.29) is 18.6 Å². The smallest absolute Gasteiger partial charge is 0.331 e. The fraction of sp³-hybridized carbons (Fsp3) is 0.200. The molecule has 0 spiro atoms. The molecule has 0 aromatic heterocycles. The molecule has 1 N–H and O–H groups in total. The highest BCUT2D eigenvalue weighted by Crippen LogP contribution is 2.12. The van der Waals surface area contributed by atoms with E-state index in [2.05, 4.69) is 5.32 Å². The van der Waals surface area contributed by atoms with Gasteiger partial charge in [0.1, 0.15) is 5.75 Å². The maximum atomic E-state index is 11.8. The minimum absolute atomic E-state index is 0.151. The molecule has 5 heteroatoms. The first-order valence-electron chi connectivity index (χ1n) is 7.91. The van der Waals surface area contributed by atoms with Gasteiger partial charge in [-0.2, -0.15) is 0 Å². The van der Waals surface area contributed by atoms with Gasteiger partial charge in [-0.15, -0.1) is 0 Å². The fourth-order valence-corrected chi connectivity index (χ4v) is 2.17. The fourth-order valence-electron chi connectivity index (χ4n) is 2.17. The second-order valence-electron chi connectivity index (χ2n) is 5.41. The molecular weight excluding hydrogens is 318 g/mol. The average molecular weight is 339 g/mol. The standard InChI is InChI=1S/C20H21NO4/c1-15(17-6-4-3-5-7-17)21-19(22)14-25-20(23)13-10-16-8-11-18(24-2)12-9-16/h3-13,15H,14H2,1-2H3,(H,21,22). The van der Waals surface area contributed by atoms with Gasteiger partial charge >= 0.3 is 5.97 Å². The molecule has 0 aliphatic heterocycles. The van der Waals surface area contributed by atoms with Crippen LogP contribution in [0.5, 0.6) is 5.75 Å². The average Bonchev–Trinajstić information content (AvgIpc) is 2.65. The number of carbonyl (C=O) groups excluding carboxylic acids is 2. The molecule has 0 fully saturated rings. The maximum absolute atomic E-state index is 11.8. The summed E-state index contributed by atoms with van der Waals surface area (Å²) < 4.78 is 10.0. The summed E-state index contributed by atoms with van der Waals surface area (Å²) >= 11 is 0. The predicted octanol–water partition coefficient (Wildman–Crippen LogP) is 3.13. The van der Waals surface area contributed by atoms with Gasteiger partial charge in [-0.3, -0.25) is 4.79 Å². The molecule has 2 aromatic carbocycles. The zero-order chi connectivity index (χ0) is 18.1. The SMILES string of the molecule is COc1ccc(C=CC(=O)OCC(=O)NC(C)c2ccccc2)cc1. The van der Waals surface area contributed by atoms with E-state index in [1.807, 2.05) is 49.4 Å². The van der Waals surface area contributed by atoms with Crippen LogP contribution in [0.15, 0.2) is 60.7 Å². The summed E-state index contributed by atoms with van der Waals surface area (Å²) in [7, 11) is 1.59. The first-order valence-corrected chi connectivity index (χ1v) is 7.91. The van der Waals surface area contributed by atoms with E-state index in [4.69, 9.17) is 9.47 Å². The van der Waals surface area contributed by atoms with Gasteiger partial charge in [-0.05, 0) is 36.3 Å². The maximum Gasteiger partial charge on any atom is 0.331 e. The molecule has 1 amide bonds. The number of hydrogen-bond donors (Lipinski definition) is 1. The molecule has 0 aliphatic rings. The molecule has 5 nitrogen and oxygen atoms in total. The van der Waals surface area contributed by atoms with Crippen LogP contribution in [0.1, 0.15) is 24.1 Å². The first kappa shape index (κ1) is 18.3. The predicted molar refractivity (Wildman–Crippen MR) is 96.0 cm³/mol. The van der Waals surface area contributed by atoms with E-state index in [9.17, 15) is 9.59 Å². The third kappa shape index (κ3) is 6.14. The van der Waals surface area contributed by atoms with Crippen molar-refractivity contribution in [2.24, 2.45) is 0 Å². The molecule has 2 aromatic rings. The number of esters is 1. The number of amides is 1. The van der Waals surface area contributed by atoms with Crippen LogP contribution in [0.25, 0.3) is 6.08 Å². The molecule has 0 heterocycles. The van der Waals surface area contributed by atoms with E-state index < -0.39 is 5.97 Å². The van der Waals surface area contributed by atoms with Crippen molar-refractivity contribution in [2.45, 2.75) is 13.0 Å². The zero-order valence-corrected chi connectivity index (χ0v) is 14.3. The number of nitrogens with one attached hydrogen (secondary N) is 1. The molecular formula is C20H21NO4. The minimum Gasteiger partial charge on any atom is -0.497 e. The van der Waals surface area contributed by atoms with E-state index in [1.54, 1.807) is 25.3 Å². The molecule has 0 aliphatic carbocycles. The molecule has 0 bridgehead atoms. The van der Waals surface area contributed by atoms with Crippen LogP contribution in [0, 0.1) is 0 Å². The Hall–Kier alpha value is -3.08. The summed E-state index contributed by atoms with van der Waals surface area (Å²) in [6, 6.07) is 16.6. The topological polar surface area (TPSA) is 64.6 Å². The van der Waals surface area contributed by atoms with Gasteiger partial charge < -0.3 is 14.8 Å². The number of benzene rings is 2. The lowest BCUT2D eigenvalue weighted by molar-refractivity contribution is -0.144. The Morgan fingerprint density at radius 2 is 1.76 bits per heavy atom.